The molecule has 7 heteroatoms. The Balaban J connectivity index is 1.94. The van der Waals surface area contributed by atoms with Crippen LogP contribution in [0.15, 0.2) is 33.6 Å². The second kappa shape index (κ2) is 5.96. The Labute approximate surface area is 109 Å². The van der Waals surface area contributed by atoms with E-state index in [-0.39, 0.29) is 18.3 Å². The van der Waals surface area contributed by atoms with E-state index in [0.717, 1.165) is 12.1 Å². The number of hydrogen-bond donors (Lipinski definition) is 3. The van der Waals surface area contributed by atoms with Crippen molar-refractivity contribution in [3.8, 4) is 0 Å². The van der Waals surface area contributed by atoms with Gasteiger partial charge in [-0.05, 0) is 24.7 Å². The summed E-state index contributed by atoms with van der Waals surface area (Å²) in [5.74, 6) is -0.592. The molecule has 0 aliphatic heterocycles. The van der Waals surface area contributed by atoms with Crippen LogP contribution >= 0.6 is 0 Å². The number of nitrogens with zero attached hydrogens (tertiary/aromatic N) is 1. The third-order valence-corrected chi connectivity index (χ3v) is 2.50. The fourth-order valence-electron chi connectivity index (χ4n) is 1.58. The maximum absolute atomic E-state index is 11.8. The predicted octanol–water partition coefficient (Wildman–Crippen LogP) is 0.0123. The quantitative estimate of drug-likeness (QED) is 0.705. The number of carbonyl (C=O) groups excluding carboxylic acids is 1. The Morgan fingerprint density at radius 1 is 1.32 bits per heavy atom. The fourth-order valence-corrected chi connectivity index (χ4v) is 1.58. The first-order valence-electron chi connectivity index (χ1n) is 5.75. The second-order valence-corrected chi connectivity index (χ2v) is 3.95. The van der Waals surface area contributed by atoms with Crippen molar-refractivity contribution < 1.29 is 9.32 Å². The molecule has 0 fully saturated rings. The predicted molar refractivity (Wildman–Crippen MR) is 67.5 cm³/mol. The molecular formula is C12H14N4O3. The van der Waals surface area contributed by atoms with Gasteiger partial charge in [-0.25, -0.2) is 4.79 Å². The number of H-pyrrole nitrogens is 1. The van der Waals surface area contributed by atoms with E-state index < -0.39 is 5.76 Å². The molecule has 0 unspecified atom stereocenters. The summed E-state index contributed by atoms with van der Waals surface area (Å²) in [6, 6.07) is 7.24. The maximum Gasteiger partial charge on any atom is 0.438 e. The molecule has 3 N–H and O–H groups in total. The molecule has 0 aliphatic carbocycles. The van der Waals surface area contributed by atoms with E-state index in [1.54, 1.807) is 12.1 Å². The molecule has 1 aromatic carbocycles. The third kappa shape index (κ3) is 3.52. The van der Waals surface area contributed by atoms with E-state index >= 15 is 0 Å². The molecule has 0 spiro atoms. The normalized spacial score (nSPS) is 10.4. The van der Waals surface area contributed by atoms with Gasteiger partial charge in [0.25, 0.3) is 5.91 Å². The van der Waals surface area contributed by atoms with E-state index in [1.807, 2.05) is 19.2 Å². The van der Waals surface area contributed by atoms with Crippen molar-refractivity contribution in [1.82, 2.24) is 20.8 Å². The van der Waals surface area contributed by atoms with Gasteiger partial charge in [-0.15, -0.1) is 0 Å². The number of hydrogen-bond acceptors (Lipinski definition) is 5. The Morgan fingerprint density at radius 2 is 2.05 bits per heavy atom. The van der Waals surface area contributed by atoms with Gasteiger partial charge in [0.15, 0.2) is 5.82 Å². The zero-order valence-corrected chi connectivity index (χ0v) is 10.4. The molecule has 2 aromatic rings. The fraction of sp³-hybridized carbons (Fsp3) is 0.250. The first-order chi connectivity index (χ1) is 9.19. The lowest BCUT2D eigenvalue weighted by Crippen LogP contribution is -2.23. The Kier molecular flexibility index (Phi) is 4.09. The van der Waals surface area contributed by atoms with Crippen LogP contribution in [0.1, 0.15) is 21.7 Å². The number of nitrogens with one attached hydrogen (secondary N) is 3. The van der Waals surface area contributed by atoms with E-state index in [9.17, 15) is 9.59 Å². The van der Waals surface area contributed by atoms with E-state index in [1.165, 1.54) is 0 Å². The number of aromatic nitrogens is 2. The lowest BCUT2D eigenvalue weighted by molar-refractivity contribution is 0.0949. The van der Waals surface area contributed by atoms with E-state index in [4.69, 9.17) is 0 Å². The van der Waals surface area contributed by atoms with Crippen molar-refractivity contribution in [2.24, 2.45) is 0 Å². The minimum absolute atomic E-state index is 0.114. The summed E-state index contributed by atoms with van der Waals surface area (Å²) in [5, 5.41) is 9.12. The maximum atomic E-state index is 11.8. The second-order valence-electron chi connectivity index (χ2n) is 3.95. The topological polar surface area (TPSA) is 100 Å². The van der Waals surface area contributed by atoms with Gasteiger partial charge in [0.2, 0.25) is 0 Å². The molecule has 0 aliphatic rings. The van der Waals surface area contributed by atoms with Crippen LogP contribution in [0.4, 0.5) is 0 Å². The standard InChI is InChI=1S/C12H14N4O3/c1-13-6-8-2-4-9(5-3-8)11(17)14-7-10-15-12(18)19-16-10/h2-5,13H,6-7H2,1H3,(H,14,17)(H,15,16,18). The van der Waals surface area contributed by atoms with Crippen LogP contribution in [0, 0.1) is 0 Å². The summed E-state index contributed by atoms with van der Waals surface area (Å²) >= 11 is 0. The largest absolute Gasteiger partial charge is 0.438 e. The van der Waals surface area contributed by atoms with Crippen LogP contribution in [0.2, 0.25) is 0 Å². The minimum Gasteiger partial charge on any atom is -0.345 e. The summed E-state index contributed by atoms with van der Waals surface area (Å²) in [5.41, 5.74) is 1.64. The molecule has 0 saturated carbocycles. The Hall–Kier alpha value is -2.41. The third-order valence-electron chi connectivity index (χ3n) is 2.50. The van der Waals surface area contributed by atoms with E-state index in [2.05, 4.69) is 25.3 Å². The van der Waals surface area contributed by atoms with Gasteiger partial charge >= 0.3 is 5.76 Å². The van der Waals surface area contributed by atoms with Gasteiger partial charge in [0.05, 0.1) is 6.54 Å². The number of carbonyl (C=O) groups is 1. The van der Waals surface area contributed by atoms with Crippen LogP contribution in [0.3, 0.4) is 0 Å². The number of amides is 1. The highest BCUT2D eigenvalue weighted by Gasteiger charge is 2.07. The molecule has 7 nitrogen and oxygen atoms in total. The molecule has 1 heterocycles. The molecule has 0 saturated heterocycles. The van der Waals surface area contributed by atoms with Crippen LogP contribution in [0.5, 0.6) is 0 Å². The lowest BCUT2D eigenvalue weighted by Gasteiger charge is -2.04. The highest BCUT2D eigenvalue weighted by atomic mass is 16.5. The Morgan fingerprint density at radius 3 is 2.63 bits per heavy atom. The van der Waals surface area contributed by atoms with Gasteiger partial charge in [0.1, 0.15) is 0 Å². The van der Waals surface area contributed by atoms with E-state index in [0.29, 0.717) is 5.56 Å². The summed E-state index contributed by atoms with van der Waals surface area (Å²) in [4.78, 5) is 24.9. The molecule has 0 radical (unpaired) electrons. The van der Waals surface area contributed by atoms with Crippen LogP contribution in [0.25, 0.3) is 0 Å². The Bertz CT molecular complexity index is 600. The van der Waals surface area contributed by atoms with Crippen molar-refractivity contribution in [3.05, 3.63) is 51.8 Å². The van der Waals surface area contributed by atoms with Gasteiger partial charge in [-0.1, -0.05) is 17.3 Å². The van der Waals surface area contributed by atoms with Crippen LogP contribution < -0.4 is 16.4 Å². The monoisotopic (exact) mass is 262 g/mol. The molecule has 1 amide bonds. The van der Waals surface area contributed by atoms with Crippen LogP contribution in [-0.4, -0.2) is 23.1 Å². The van der Waals surface area contributed by atoms with Crippen molar-refractivity contribution in [2.75, 3.05) is 7.05 Å². The van der Waals surface area contributed by atoms with Crippen molar-refractivity contribution in [1.29, 1.82) is 0 Å². The molecule has 0 bridgehead atoms. The highest BCUT2D eigenvalue weighted by molar-refractivity contribution is 5.94. The zero-order valence-electron chi connectivity index (χ0n) is 10.4. The molecule has 1 aromatic heterocycles. The van der Waals surface area contributed by atoms with Gasteiger partial charge < -0.3 is 10.6 Å². The van der Waals surface area contributed by atoms with Crippen molar-refractivity contribution >= 4 is 5.91 Å². The average Bonchev–Trinajstić information content (AvgIpc) is 2.83. The first-order valence-corrected chi connectivity index (χ1v) is 5.75. The number of rotatable bonds is 5. The summed E-state index contributed by atoms with van der Waals surface area (Å²) in [6.07, 6.45) is 0. The van der Waals surface area contributed by atoms with Crippen LogP contribution in [-0.2, 0) is 13.1 Å². The zero-order chi connectivity index (χ0) is 13.7. The summed E-state index contributed by atoms with van der Waals surface area (Å²) in [6.45, 7) is 0.866. The van der Waals surface area contributed by atoms with Crippen molar-refractivity contribution in [2.45, 2.75) is 13.1 Å². The average molecular weight is 262 g/mol. The SMILES string of the molecule is CNCc1ccc(C(=O)NCc2noc(=O)[nH]2)cc1. The van der Waals surface area contributed by atoms with Gasteiger partial charge in [0, 0.05) is 12.1 Å². The number of benzene rings is 1. The lowest BCUT2D eigenvalue weighted by atomic mass is 10.1. The molecular weight excluding hydrogens is 248 g/mol. The number of aromatic amines is 1. The molecule has 19 heavy (non-hydrogen) atoms. The van der Waals surface area contributed by atoms with Gasteiger partial charge in [-0.2, -0.15) is 0 Å². The highest BCUT2D eigenvalue weighted by Crippen LogP contribution is 2.04. The smallest absolute Gasteiger partial charge is 0.345 e. The van der Waals surface area contributed by atoms with Crippen molar-refractivity contribution in [3.63, 3.8) is 0 Å². The molecule has 2 rings (SSSR count). The van der Waals surface area contributed by atoms with Gasteiger partial charge in [-0.3, -0.25) is 14.3 Å². The first kappa shape index (κ1) is 13.0. The molecule has 0 atom stereocenters. The minimum atomic E-state index is -0.638. The summed E-state index contributed by atoms with van der Waals surface area (Å²) < 4.78 is 4.33. The molecule has 100 valence electrons. The summed E-state index contributed by atoms with van der Waals surface area (Å²) in [7, 11) is 1.86.